The van der Waals surface area contributed by atoms with E-state index < -0.39 is 0 Å². The van der Waals surface area contributed by atoms with E-state index in [1.165, 1.54) is 6.07 Å². The smallest absolute Gasteiger partial charge is 0.250 e. The summed E-state index contributed by atoms with van der Waals surface area (Å²) in [5, 5.41) is 0. The normalized spacial score (nSPS) is 20.3. The zero-order chi connectivity index (χ0) is 18.4. The molecule has 6 heteroatoms. The lowest BCUT2D eigenvalue weighted by molar-refractivity contribution is -0.121. The van der Waals surface area contributed by atoms with Gasteiger partial charge in [0.1, 0.15) is 11.9 Å². The number of hydrogen-bond acceptors (Lipinski definition) is 4. The molecule has 4 rings (SSSR count). The van der Waals surface area contributed by atoms with E-state index in [9.17, 15) is 9.18 Å². The van der Waals surface area contributed by atoms with Gasteiger partial charge < -0.3 is 9.80 Å². The van der Waals surface area contributed by atoms with Gasteiger partial charge >= 0.3 is 0 Å². The van der Waals surface area contributed by atoms with E-state index in [1.54, 1.807) is 36.3 Å². The minimum atomic E-state index is -0.289. The van der Waals surface area contributed by atoms with E-state index >= 15 is 0 Å². The minimum absolute atomic E-state index is 0.0651. The standard InChI is InChI=1S/C20H23FN4O/c1-13(2)24-8-9-25-18(12-24)20(26)23(3)17-10-14(11-22-19(17)25)15-6-4-5-7-16(15)21/h4-7,10-11,13,18H,8-9,12H2,1-3H3/t18-/m1/s1. The summed E-state index contributed by atoms with van der Waals surface area (Å²) in [7, 11) is 1.78. The Morgan fingerprint density at radius 1 is 1.23 bits per heavy atom. The van der Waals surface area contributed by atoms with Crippen LogP contribution in [0.15, 0.2) is 36.5 Å². The number of likely N-dealkylation sites (N-methyl/N-ethyl adjacent to an activating group) is 1. The third-order valence-electron chi connectivity index (χ3n) is 5.42. The molecule has 1 atom stereocenters. The molecule has 1 amide bonds. The number of piperazine rings is 1. The molecule has 0 bridgehead atoms. The van der Waals surface area contributed by atoms with Crippen molar-refractivity contribution >= 4 is 17.4 Å². The molecule has 1 aromatic heterocycles. The highest BCUT2D eigenvalue weighted by atomic mass is 19.1. The van der Waals surface area contributed by atoms with Crippen LogP contribution < -0.4 is 9.80 Å². The zero-order valence-corrected chi connectivity index (χ0v) is 15.3. The number of rotatable bonds is 2. The van der Waals surface area contributed by atoms with Crippen molar-refractivity contribution in [2.24, 2.45) is 0 Å². The van der Waals surface area contributed by atoms with Crippen LogP contribution in [-0.4, -0.2) is 54.6 Å². The molecule has 1 saturated heterocycles. The molecule has 0 radical (unpaired) electrons. The summed E-state index contributed by atoms with van der Waals surface area (Å²) < 4.78 is 14.1. The Labute approximate surface area is 153 Å². The second kappa shape index (κ2) is 6.36. The van der Waals surface area contributed by atoms with Crippen molar-refractivity contribution in [3.63, 3.8) is 0 Å². The number of nitrogens with zero attached hydrogens (tertiary/aromatic N) is 4. The van der Waals surface area contributed by atoms with Gasteiger partial charge in [-0.15, -0.1) is 0 Å². The molecule has 0 unspecified atom stereocenters. The number of benzene rings is 1. The number of aromatic nitrogens is 1. The van der Waals surface area contributed by atoms with Gasteiger partial charge in [0.25, 0.3) is 5.91 Å². The number of carbonyl (C=O) groups is 1. The van der Waals surface area contributed by atoms with Crippen molar-refractivity contribution in [1.29, 1.82) is 0 Å². The third kappa shape index (κ3) is 2.65. The van der Waals surface area contributed by atoms with Crippen LogP contribution in [-0.2, 0) is 4.79 Å². The molecular weight excluding hydrogens is 331 g/mol. The number of fused-ring (bicyclic) bond motifs is 3. The van der Waals surface area contributed by atoms with E-state index in [0.717, 1.165) is 24.6 Å². The number of hydrogen-bond donors (Lipinski definition) is 0. The van der Waals surface area contributed by atoms with Crippen LogP contribution in [0.2, 0.25) is 0 Å². The number of halogens is 1. The van der Waals surface area contributed by atoms with E-state index in [4.69, 9.17) is 0 Å². The maximum atomic E-state index is 14.1. The topological polar surface area (TPSA) is 39.7 Å². The fourth-order valence-corrected chi connectivity index (χ4v) is 3.84. The molecule has 2 aliphatic rings. The highest BCUT2D eigenvalue weighted by Gasteiger charge is 2.41. The van der Waals surface area contributed by atoms with Crippen LogP contribution in [0.1, 0.15) is 13.8 Å². The van der Waals surface area contributed by atoms with Crippen molar-refractivity contribution in [3.05, 3.63) is 42.3 Å². The van der Waals surface area contributed by atoms with Crippen molar-refractivity contribution in [3.8, 4) is 11.1 Å². The molecule has 2 aromatic rings. The molecule has 0 N–H and O–H groups in total. The second-order valence-electron chi connectivity index (χ2n) is 7.24. The first-order valence-corrected chi connectivity index (χ1v) is 9.00. The summed E-state index contributed by atoms with van der Waals surface area (Å²) in [4.78, 5) is 23.7. The maximum absolute atomic E-state index is 14.1. The lowest BCUT2D eigenvalue weighted by Crippen LogP contribution is -2.63. The first-order valence-electron chi connectivity index (χ1n) is 9.00. The summed E-state index contributed by atoms with van der Waals surface area (Å²) >= 11 is 0. The van der Waals surface area contributed by atoms with Crippen molar-refractivity contribution in [2.45, 2.75) is 25.9 Å². The van der Waals surface area contributed by atoms with Gasteiger partial charge in [-0.05, 0) is 26.0 Å². The average Bonchev–Trinajstić information content (AvgIpc) is 2.65. The minimum Gasteiger partial charge on any atom is -0.340 e. The average molecular weight is 354 g/mol. The molecule has 1 aromatic carbocycles. The highest BCUT2D eigenvalue weighted by Crippen LogP contribution is 2.38. The molecular formula is C20H23FN4O. The zero-order valence-electron chi connectivity index (χ0n) is 15.3. The lowest BCUT2D eigenvalue weighted by atomic mass is 10.0. The molecule has 26 heavy (non-hydrogen) atoms. The van der Waals surface area contributed by atoms with Gasteiger partial charge in [0.15, 0.2) is 5.82 Å². The van der Waals surface area contributed by atoms with E-state index in [2.05, 4.69) is 28.6 Å². The van der Waals surface area contributed by atoms with Crippen LogP contribution in [0.5, 0.6) is 0 Å². The van der Waals surface area contributed by atoms with Crippen LogP contribution in [0.25, 0.3) is 11.1 Å². The molecule has 0 aliphatic carbocycles. The summed E-state index contributed by atoms with van der Waals surface area (Å²) in [6.07, 6.45) is 1.70. The fourth-order valence-electron chi connectivity index (χ4n) is 3.84. The van der Waals surface area contributed by atoms with Crippen molar-refractivity contribution in [2.75, 3.05) is 36.5 Å². The van der Waals surface area contributed by atoms with Gasteiger partial charge in [-0.2, -0.15) is 0 Å². The molecule has 136 valence electrons. The number of amides is 1. The van der Waals surface area contributed by atoms with Gasteiger partial charge in [-0.3, -0.25) is 9.69 Å². The summed E-state index contributed by atoms with van der Waals surface area (Å²) in [6.45, 7) is 6.68. The summed E-state index contributed by atoms with van der Waals surface area (Å²) in [5.41, 5.74) is 1.92. The molecule has 1 fully saturated rings. The van der Waals surface area contributed by atoms with Gasteiger partial charge in [0, 0.05) is 50.0 Å². The number of anilines is 2. The van der Waals surface area contributed by atoms with Crippen molar-refractivity contribution < 1.29 is 9.18 Å². The largest absolute Gasteiger partial charge is 0.340 e. The lowest BCUT2D eigenvalue weighted by Gasteiger charge is -2.47. The van der Waals surface area contributed by atoms with Crippen LogP contribution in [0.3, 0.4) is 0 Å². The summed E-state index contributed by atoms with van der Waals surface area (Å²) in [6, 6.07) is 8.69. The maximum Gasteiger partial charge on any atom is 0.250 e. The number of carbonyl (C=O) groups excluding carboxylic acids is 1. The molecule has 3 heterocycles. The van der Waals surface area contributed by atoms with E-state index in [1.807, 2.05) is 6.07 Å². The quantitative estimate of drug-likeness (QED) is 0.831. The Morgan fingerprint density at radius 3 is 2.73 bits per heavy atom. The summed E-state index contributed by atoms with van der Waals surface area (Å²) in [5.74, 6) is 0.582. The van der Waals surface area contributed by atoms with E-state index in [0.29, 0.717) is 23.7 Å². The Morgan fingerprint density at radius 2 is 2.00 bits per heavy atom. The predicted octanol–water partition coefficient (Wildman–Crippen LogP) is 2.76. The van der Waals surface area contributed by atoms with Crippen LogP contribution in [0, 0.1) is 5.82 Å². The van der Waals surface area contributed by atoms with Crippen LogP contribution in [0.4, 0.5) is 15.9 Å². The molecule has 5 nitrogen and oxygen atoms in total. The first-order chi connectivity index (χ1) is 12.5. The third-order valence-corrected chi connectivity index (χ3v) is 5.42. The Balaban J connectivity index is 1.74. The Bertz CT molecular complexity index is 853. The number of pyridine rings is 1. The predicted molar refractivity (Wildman–Crippen MR) is 101 cm³/mol. The first kappa shape index (κ1) is 17.0. The fraction of sp³-hybridized carbons (Fsp3) is 0.400. The van der Waals surface area contributed by atoms with Gasteiger partial charge in [0.2, 0.25) is 0 Å². The van der Waals surface area contributed by atoms with Crippen LogP contribution >= 0.6 is 0 Å². The van der Waals surface area contributed by atoms with E-state index in [-0.39, 0.29) is 17.8 Å². The highest BCUT2D eigenvalue weighted by molar-refractivity contribution is 6.05. The molecule has 0 saturated carbocycles. The Kier molecular flexibility index (Phi) is 4.15. The SMILES string of the molecule is CC(C)N1CCN2c3ncc(-c4ccccc4F)cc3N(C)C(=O)[C@H]2C1. The monoisotopic (exact) mass is 354 g/mol. The second-order valence-corrected chi connectivity index (χ2v) is 7.24. The molecule has 2 aliphatic heterocycles. The Hall–Kier alpha value is -2.47. The van der Waals surface area contributed by atoms with Gasteiger partial charge in [-0.1, -0.05) is 18.2 Å². The molecule has 0 spiro atoms. The van der Waals surface area contributed by atoms with Crippen molar-refractivity contribution in [1.82, 2.24) is 9.88 Å². The van der Waals surface area contributed by atoms with Gasteiger partial charge in [-0.25, -0.2) is 9.37 Å². The van der Waals surface area contributed by atoms with Gasteiger partial charge in [0.05, 0.1) is 5.69 Å².